The number of rotatable bonds is 7. The zero-order chi connectivity index (χ0) is 23.0. The lowest BCUT2D eigenvalue weighted by molar-refractivity contribution is -0.146. The summed E-state index contributed by atoms with van der Waals surface area (Å²) >= 11 is 0. The quantitative estimate of drug-likeness (QED) is 0.398. The van der Waals surface area contributed by atoms with Crippen LogP contribution >= 0.6 is 0 Å². The molecule has 1 aliphatic heterocycles. The highest BCUT2D eigenvalue weighted by Crippen LogP contribution is 2.30. The van der Waals surface area contributed by atoms with E-state index in [0.29, 0.717) is 32.5 Å². The largest absolute Gasteiger partial charge is 0.469 e. The normalized spacial score (nSPS) is 17.0. The van der Waals surface area contributed by atoms with Gasteiger partial charge in [-0.25, -0.2) is 0 Å². The molecule has 0 spiro atoms. The van der Waals surface area contributed by atoms with E-state index in [1.165, 1.54) is 7.11 Å². The summed E-state index contributed by atoms with van der Waals surface area (Å²) in [5.41, 5.74) is 0.177. The number of carbonyl (C=O) groups excluding carboxylic acids is 1. The Bertz CT molecular complexity index is 725. The summed E-state index contributed by atoms with van der Waals surface area (Å²) < 4.78 is 43.7. The Morgan fingerprint density at radius 1 is 1.23 bits per heavy atom. The van der Waals surface area contributed by atoms with Crippen LogP contribution in [0.3, 0.4) is 0 Å². The molecule has 31 heavy (non-hydrogen) atoms. The first kappa shape index (κ1) is 25.0. The monoisotopic (exact) mass is 442 g/mol. The number of benzene rings is 1. The zero-order valence-electron chi connectivity index (χ0n) is 18.7. The van der Waals surface area contributed by atoms with Crippen molar-refractivity contribution in [3.63, 3.8) is 0 Å². The third-order valence-corrected chi connectivity index (χ3v) is 5.87. The van der Waals surface area contributed by atoms with Crippen LogP contribution in [0.15, 0.2) is 29.3 Å². The molecular formula is C22H33F3N4O2. The molecule has 1 atom stereocenters. The first-order valence-corrected chi connectivity index (χ1v) is 10.7. The molecular weight excluding hydrogens is 409 g/mol. The molecule has 6 nitrogen and oxygen atoms in total. The molecule has 2 rings (SSSR count). The van der Waals surface area contributed by atoms with Crippen LogP contribution in [0.2, 0.25) is 0 Å². The number of aliphatic imine (C=N–C) groups is 1. The van der Waals surface area contributed by atoms with Gasteiger partial charge in [-0.2, -0.15) is 13.2 Å². The second-order valence-corrected chi connectivity index (χ2v) is 7.57. The number of likely N-dealkylation sites (N-methyl/N-ethyl adjacent to an activating group) is 1. The fourth-order valence-corrected chi connectivity index (χ4v) is 4.03. The van der Waals surface area contributed by atoms with Crippen LogP contribution in [-0.4, -0.2) is 68.6 Å². The number of likely N-dealkylation sites (tertiary alicyclic amines) is 1. The standard InChI is InChI=1S/C22H33F3N4O2/c1-5-28(6-2)19(16-7-9-18(10-8-16)22(23,24)25)15-27-21(26-3)29-13-11-17(12-14-29)20(30)31-4/h7-10,17,19H,5-6,11-15H2,1-4H3,(H,26,27). The van der Waals surface area contributed by atoms with Crippen LogP contribution in [0.1, 0.15) is 43.9 Å². The van der Waals surface area contributed by atoms with Crippen molar-refractivity contribution in [3.8, 4) is 0 Å². The van der Waals surface area contributed by atoms with Crippen molar-refractivity contribution < 1.29 is 22.7 Å². The minimum absolute atomic E-state index is 0.0880. The summed E-state index contributed by atoms with van der Waals surface area (Å²) in [4.78, 5) is 20.4. The van der Waals surface area contributed by atoms with Crippen LogP contribution in [0, 0.1) is 5.92 Å². The number of carbonyl (C=O) groups is 1. The molecule has 1 N–H and O–H groups in total. The maximum absolute atomic E-state index is 12.9. The number of ether oxygens (including phenoxy) is 1. The molecule has 1 aliphatic rings. The Balaban J connectivity index is 2.08. The summed E-state index contributed by atoms with van der Waals surface area (Å²) in [5.74, 6) is 0.466. The van der Waals surface area contributed by atoms with Gasteiger partial charge in [0.05, 0.1) is 24.6 Å². The van der Waals surface area contributed by atoms with E-state index in [9.17, 15) is 18.0 Å². The van der Waals surface area contributed by atoms with Crippen LogP contribution < -0.4 is 5.32 Å². The smallest absolute Gasteiger partial charge is 0.416 e. The van der Waals surface area contributed by atoms with Crippen LogP contribution in [0.4, 0.5) is 13.2 Å². The van der Waals surface area contributed by atoms with Crippen molar-refractivity contribution in [3.05, 3.63) is 35.4 Å². The number of methoxy groups -OCH3 is 1. The maximum Gasteiger partial charge on any atom is 0.416 e. The third kappa shape index (κ3) is 6.59. The fraction of sp³-hybridized carbons (Fsp3) is 0.636. The molecule has 1 fully saturated rings. The fourth-order valence-electron chi connectivity index (χ4n) is 4.03. The van der Waals surface area contributed by atoms with Gasteiger partial charge in [0, 0.05) is 26.7 Å². The van der Waals surface area contributed by atoms with Crippen LogP contribution in [-0.2, 0) is 15.7 Å². The summed E-state index contributed by atoms with van der Waals surface area (Å²) in [6.07, 6.45) is -2.95. The van der Waals surface area contributed by atoms with Crippen molar-refractivity contribution in [2.24, 2.45) is 10.9 Å². The topological polar surface area (TPSA) is 57.2 Å². The number of esters is 1. The Kier molecular flexibility index (Phi) is 9.15. The van der Waals surface area contributed by atoms with Gasteiger partial charge in [-0.05, 0) is 43.6 Å². The van der Waals surface area contributed by atoms with Gasteiger partial charge in [0.15, 0.2) is 5.96 Å². The lowest BCUT2D eigenvalue weighted by atomic mass is 9.97. The van der Waals surface area contributed by atoms with E-state index < -0.39 is 11.7 Å². The maximum atomic E-state index is 12.9. The van der Waals surface area contributed by atoms with Crippen molar-refractivity contribution in [1.29, 1.82) is 0 Å². The summed E-state index contributed by atoms with van der Waals surface area (Å²) in [5, 5.41) is 3.39. The number of alkyl halides is 3. The predicted molar refractivity (Wildman–Crippen MR) is 115 cm³/mol. The number of hydrogen-bond donors (Lipinski definition) is 1. The number of hydrogen-bond acceptors (Lipinski definition) is 4. The van der Waals surface area contributed by atoms with Gasteiger partial charge in [-0.3, -0.25) is 14.7 Å². The lowest BCUT2D eigenvalue weighted by Crippen LogP contribution is -2.48. The minimum Gasteiger partial charge on any atom is -0.469 e. The molecule has 0 aliphatic carbocycles. The van der Waals surface area contributed by atoms with Gasteiger partial charge in [-0.15, -0.1) is 0 Å². The molecule has 0 radical (unpaired) electrons. The number of nitrogens with one attached hydrogen (secondary N) is 1. The molecule has 0 saturated carbocycles. The number of piperidine rings is 1. The molecule has 174 valence electrons. The molecule has 1 aromatic carbocycles. The number of halogens is 3. The van der Waals surface area contributed by atoms with E-state index in [1.54, 1.807) is 19.2 Å². The van der Waals surface area contributed by atoms with Gasteiger partial charge >= 0.3 is 12.1 Å². The van der Waals surface area contributed by atoms with Crippen LogP contribution in [0.5, 0.6) is 0 Å². The Morgan fingerprint density at radius 2 is 1.81 bits per heavy atom. The van der Waals surface area contributed by atoms with Crippen molar-refractivity contribution >= 4 is 11.9 Å². The Morgan fingerprint density at radius 3 is 2.26 bits per heavy atom. The van der Waals surface area contributed by atoms with Crippen molar-refractivity contribution in [2.45, 2.75) is 38.9 Å². The predicted octanol–water partition coefficient (Wildman–Crippen LogP) is 3.55. The van der Waals surface area contributed by atoms with E-state index in [0.717, 1.165) is 36.7 Å². The average Bonchev–Trinajstić information content (AvgIpc) is 2.78. The van der Waals surface area contributed by atoms with E-state index in [4.69, 9.17) is 4.74 Å². The minimum atomic E-state index is -4.35. The van der Waals surface area contributed by atoms with E-state index in [2.05, 4.69) is 20.1 Å². The molecule has 1 unspecified atom stereocenters. The Hall–Kier alpha value is -2.29. The van der Waals surface area contributed by atoms with Gasteiger partial charge in [0.25, 0.3) is 0 Å². The molecule has 0 bridgehead atoms. The first-order chi connectivity index (χ1) is 14.7. The van der Waals surface area contributed by atoms with Crippen molar-refractivity contribution in [1.82, 2.24) is 15.1 Å². The van der Waals surface area contributed by atoms with Crippen molar-refractivity contribution in [2.75, 3.05) is 46.9 Å². The van der Waals surface area contributed by atoms with Crippen LogP contribution in [0.25, 0.3) is 0 Å². The Labute approximate surface area is 182 Å². The second-order valence-electron chi connectivity index (χ2n) is 7.57. The molecule has 1 saturated heterocycles. The van der Waals surface area contributed by atoms with E-state index in [-0.39, 0.29) is 17.9 Å². The van der Waals surface area contributed by atoms with Gasteiger partial charge in [0.2, 0.25) is 0 Å². The SMILES string of the molecule is CCN(CC)C(CNC(=NC)N1CCC(C(=O)OC)CC1)c1ccc(C(F)(F)F)cc1. The highest BCUT2D eigenvalue weighted by molar-refractivity contribution is 5.80. The molecule has 1 heterocycles. The average molecular weight is 443 g/mol. The highest BCUT2D eigenvalue weighted by Gasteiger charge is 2.31. The van der Waals surface area contributed by atoms with Gasteiger partial charge in [0.1, 0.15) is 0 Å². The number of guanidine groups is 1. The molecule has 1 aromatic rings. The summed E-state index contributed by atoms with van der Waals surface area (Å²) in [7, 11) is 3.11. The molecule has 9 heteroatoms. The summed E-state index contributed by atoms with van der Waals surface area (Å²) in [6, 6.07) is 5.29. The van der Waals surface area contributed by atoms with Gasteiger partial charge in [-0.1, -0.05) is 26.0 Å². The lowest BCUT2D eigenvalue weighted by Gasteiger charge is -2.35. The molecule has 0 aromatic heterocycles. The third-order valence-electron chi connectivity index (χ3n) is 5.87. The summed E-state index contributed by atoms with van der Waals surface area (Å²) in [6.45, 7) is 7.50. The van der Waals surface area contributed by atoms with Gasteiger partial charge < -0.3 is 15.0 Å². The first-order valence-electron chi connectivity index (χ1n) is 10.7. The van der Waals surface area contributed by atoms with E-state index >= 15 is 0 Å². The zero-order valence-corrected chi connectivity index (χ0v) is 18.7. The number of nitrogens with zero attached hydrogens (tertiary/aromatic N) is 3. The van der Waals surface area contributed by atoms with E-state index in [1.807, 2.05) is 13.8 Å². The highest BCUT2D eigenvalue weighted by atomic mass is 19.4. The molecule has 0 amide bonds. The second kappa shape index (κ2) is 11.4.